The second kappa shape index (κ2) is 5.68. The average Bonchev–Trinajstić information content (AvgIpc) is 3.04. The monoisotopic (exact) mass is 337 g/mol. The fourth-order valence-corrected chi connectivity index (χ4v) is 3.61. The van der Waals surface area contributed by atoms with Crippen LogP contribution in [-0.4, -0.2) is 37.7 Å². The third-order valence-electron chi connectivity index (χ3n) is 5.12. The number of rotatable bonds is 4. The molecule has 0 radical (unpaired) electrons. The van der Waals surface area contributed by atoms with Gasteiger partial charge in [0.2, 0.25) is 11.8 Å². The SMILES string of the molecule is O=C(Cc1[nH]nc2ccccc12)N1CCC[C@@H]1c1noc(C2CC2)n1. The summed E-state index contributed by atoms with van der Waals surface area (Å²) in [6.45, 7) is 0.739. The van der Waals surface area contributed by atoms with E-state index in [0.717, 1.165) is 54.7 Å². The highest BCUT2D eigenvalue weighted by molar-refractivity contribution is 5.87. The van der Waals surface area contributed by atoms with Gasteiger partial charge in [-0.2, -0.15) is 10.1 Å². The van der Waals surface area contributed by atoms with Gasteiger partial charge in [-0.3, -0.25) is 9.89 Å². The van der Waals surface area contributed by atoms with Crippen LogP contribution >= 0.6 is 0 Å². The number of hydrogen-bond acceptors (Lipinski definition) is 5. The van der Waals surface area contributed by atoms with E-state index in [9.17, 15) is 4.79 Å². The number of carbonyl (C=O) groups excluding carboxylic acids is 1. The van der Waals surface area contributed by atoms with E-state index in [2.05, 4.69) is 20.3 Å². The summed E-state index contributed by atoms with van der Waals surface area (Å²) < 4.78 is 5.38. The molecule has 1 amide bonds. The first kappa shape index (κ1) is 14.6. The van der Waals surface area contributed by atoms with E-state index >= 15 is 0 Å². The van der Waals surface area contributed by atoms with Crippen molar-refractivity contribution in [3.63, 3.8) is 0 Å². The number of aromatic nitrogens is 4. The van der Waals surface area contributed by atoms with Crippen molar-refractivity contribution in [1.82, 2.24) is 25.2 Å². The first-order valence-corrected chi connectivity index (χ1v) is 8.84. The highest BCUT2D eigenvalue weighted by Gasteiger charge is 2.36. The van der Waals surface area contributed by atoms with Crippen LogP contribution < -0.4 is 0 Å². The predicted molar refractivity (Wildman–Crippen MR) is 89.8 cm³/mol. The number of fused-ring (bicyclic) bond motifs is 1. The lowest BCUT2D eigenvalue weighted by Crippen LogP contribution is -2.32. The van der Waals surface area contributed by atoms with Gasteiger partial charge in [0.25, 0.3) is 0 Å². The van der Waals surface area contributed by atoms with E-state index in [-0.39, 0.29) is 11.9 Å². The van der Waals surface area contributed by atoms with Crippen molar-refractivity contribution in [3.05, 3.63) is 41.7 Å². The summed E-state index contributed by atoms with van der Waals surface area (Å²) in [6, 6.07) is 7.77. The maximum atomic E-state index is 12.9. The van der Waals surface area contributed by atoms with Gasteiger partial charge in [-0.05, 0) is 31.7 Å². The summed E-state index contributed by atoms with van der Waals surface area (Å²) in [5.74, 6) is 1.90. The van der Waals surface area contributed by atoms with Gasteiger partial charge in [0.15, 0.2) is 5.82 Å². The highest BCUT2D eigenvalue weighted by atomic mass is 16.5. The smallest absolute Gasteiger partial charge is 0.229 e. The predicted octanol–water partition coefficient (Wildman–Crippen LogP) is 2.73. The number of nitrogens with zero attached hydrogens (tertiary/aromatic N) is 4. The Bertz CT molecular complexity index is 926. The molecule has 1 aliphatic heterocycles. The topological polar surface area (TPSA) is 87.9 Å². The molecule has 1 saturated carbocycles. The molecule has 2 fully saturated rings. The zero-order chi connectivity index (χ0) is 16.8. The molecule has 1 atom stereocenters. The lowest BCUT2D eigenvalue weighted by atomic mass is 10.1. The molecule has 1 N–H and O–H groups in total. The van der Waals surface area contributed by atoms with Gasteiger partial charge >= 0.3 is 0 Å². The summed E-state index contributed by atoms with van der Waals surface area (Å²) in [5, 5.41) is 12.4. The molecule has 1 aromatic carbocycles. The summed E-state index contributed by atoms with van der Waals surface area (Å²) in [4.78, 5) is 19.3. The molecule has 3 heterocycles. The van der Waals surface area contributed by atoms with Crippen LogP contribution in [0, 0.1) is 0 Å². The van der Waals surface area contributed by atoms with Crippen molar-refractivity contribution >= 4 is 16.8 Å². The second-order valence-corrected chi connectivity index (χ2v) is 6.91. The van der Waals surface area contributed by atoms with E-state index < -0.39 is 0 Å². The molecule has 3 aromatic rings. The van der Waals surface area contributed by atoms with Crippen LogP contribution in [0.5, 0.6) is 0 Å². The fraction of sp³-hybridized carbons (Fsp3) is 0.444. The van der Waals surface area contributed by atoms with Crippen molar-refractivity contribution in [2.75, 3.05) is 6.54 Å². The number of carbonyl (C=O) groups is 1. The summed E-state index contributed by atoms with van der Waals surface area (Å²) in [7, 11) is 0. The van der Waals surface area contributed by atoms with Gasteiger partial charge in [0.05, 0.1) is 23.7 Å². The lowest BCUT2D eigenvalue weighted by molar-refractivity contribution is -0.131. The number of hydrogen-bond donors (Lipinski definition) is 1. The molecular weight excluding hydrogens is 318 g/mol. The van der Waals surface area contributed by atoms with Crippen molar-refractivity contribution < 1.29 is 9.32 Å². The molecule has 128 valence electrons. The lowest BCUT2D eigenvalue weighted by Gasteiger charge is -2.22. The maximum absolute atomic E-state index is 12.9. The molecule has 2 aliphatic rings. The number of nitrogens with one attached hydrogen (secondary N) is 1. The molecule has 0 spiro atoms. The van der Waals surface area contributed by atoms with E-state index in [1.54, 1.807) is 0 Å². The molecule has 7 nitrogen and oxygen atoms in total. The Kier molecular flexibility index (Phi) is 3.33. The average molecular weight is 337 g/mol. The molecule has 7 heteroatoms. The third-order valence-corrected chi connectivity index (χ3v) is 5.12. The van der Waals surface area contributed by atoms with Crippen LogP contribution in [0.15, 0.2) is 28.8 Å². The van der Waals surface area contributed by atoms with Crippen LogP contribution in [0.25, 0.3) is 10.9 Å². The van der Waals surface area contributed by atoms with E-state index in [0.29, 0.717) is 18.2 Å². The third kappa shape index (κ3) is 2.59. The largest absolute Gasteiger partial charge is 0.339 e. The molecule has 25 heavy (non-hydrogen) atoms. The van der Waals surface area contributed by atoms with Crippen molar-refractivity contribution in [2.24, 2.45) is 0 Å². The minimum absolute atomic E-state index is 0.0714. The minimum Gasteiger partial charge on any atom is -0.339 e. The van der Waals surface area contributed by atoms with Gasteiger partial charge in [0, 0.05) is 17.8 Å². The Balaban J connectivity index is 1.36. The molecule has 1 saturated heterocycles. The second-order valence-electron chi connectivity index (χ2n) is 6.91. The quantitative estimate of drug-likeness (QED) is 0.791. The van der Waals surface area contributed by atoms with E-state index in [1.807, 2.05) is 29.2 Å². The number of amides is 1. The minimum atomic E-state index is -0.0714. The normalized spacial score (nSPS) is 20.5. The zero-order valence-corrected chi connectivity index (χ0v) is 13.8. The Morgan fingerprint density at radius 1 is 1.28 bits per heavy atom. The van der Waals surface area contributed by atoms with Crippen LogP contribution in [0.4, 0.5) is 0 Å². The van der Waals surface area contributed by atoms with Gasteiger partial charge in [-0.15, -0.1) is 0 Å². The van der Waals surface area contributed by atoms with Gasteiger partial charge in [-0.1, -0.05) is 23.4 Å². The first-order valence-electron chi connectivity index (χ1n) is 8.84. The number of aromatic amines is 1. The fourth-order valence-electron chi connectivity index (χ4n) is 3.61. The Hall–Kier alpha value is -2.70. The summed E-state index contributed by atoms with van der Waals surface area (Å²) in [6.07, 6.45) is 4.42. The van der Waals surface area contributed by atoms with Gasteiger partial charge in [-0.25, -0.2) is 0 Å². The zero-order valence-electron chi connectivity index (χ0n) is 13.8. The van der Waals surface area contributed by atoms with Crippen molar-refractivity contribution in [3.8, 4) is 0 Å². The molecule has 2 aromatic heterocycles. The van der Waals surface area contributed by atoms with Crippen LogP contribution in [-0.2, 0) is 11.2 Å². The van der Waals surface area contributed by atoms with Crippen molar-refractivity contribution in [1.29, 1.82) is 0 Å². The van der Waals surface area contributed by atoms with Crippen LogP contribution in [0.2, 0.25) is 0 Å². The van der Waals surface area contributed by atoms with E-state index in [4.69, 9.17) is 4.52 Å². The molecule has 0 bridgehead atoms. The first-order chi connectivity index (χ1) is 12.3. The Labute approximate surface area is 144 Å². The molecule has 0 unspecified atom stereocenters. The number of likely N-dealkylation sites (tertiary alicyclic amines) is 1. The van der Waals surface area contributed by atoms with Crippen LogP contribution in [0.3, 0.4) is 0 Å². The van der Waals surface area contributed by atoms with E-state index in [1.165, 1.54) is 0 Å². The number of benzene rings is 1. The summed E-state index contributed by atoms with van der Waals surface area (Å²) in [5.41, 5.74) is 1.74. The molecule has 5 rings (SSSR count). The number of para-hydroxylation sites is 1. The molecule has 1 aliphatic carbocycles. The van der Waals surface area contributed by atoms with Gasteiger partial charge in [0.1, 0.15) is 0 Å². The van der Waals surface area contributed by atoms with Crippen molar-refractivity contribution in [2.45, 2.75) is 44.1 Å². The van der Waals surface area contributed by atoms with Gasteiger partial charge < -0.3 is 9.42 Å². The standard InChI is InChI=1S/C18H19N5O2/c24-16(10-14-12-4-1-2-5-13(12)20-21-14)23-9-3-6-15(23)17-19-18(25-22-17)11-7-8-11/h1-2,4-5,11,15H,3,6-10H2,(H,20,21)/t15-/m1/s1. The Morgan fingerprint density at radius 2 is 2.16 bits per heavy atom. The summed E-state index contributed by atoms with van der Waals surface area (Å²) >= 11 is 0. The van der Waals surface area contributed by atoms with Crippen LogP contribution in [0.1, 0.15) is 55.1 Å². The number of H-pyrrole nitrogens is 1. The molecular formula is C18H19N5O2. The highest BCUT2D eigenvalue weighted by Crippen LogP contribution is 2.40. The Morgan fingerprint density at radius 3 is 3.04 bits per heavy atom. The maximum Gasteiger partial charge on any atom is 0.229 e.